The van der Waals surface area contributed by atoms with Crippen LogP contribution in [-0.2, 0) is 0 Å². The van der Waals surface area contributed by atoms with Crippen molar-refractivity contribution in [1.29, 1.82) is 0 Å². The quantitative estimate of drug-likeness (QED) is 0.207. The molecule has 0 bridgehead atoms. The molecule has 9 rings (SSSR count). The molecule has 1 nitrogen and oxygen atoms in total. The Hall–Kier alpha value is -4.22. The second kappa shape index (κ2) is 8.64. The van der Waals surface area contributed by atoms with Gasteiger partial charge in [-0.1, -0.05) is 72.8 Å². The number of thiophene rings is 3. The molecule has 3 aromatic heterocycles. The van der Waals surface area contributed by atoms with E-state index in [0.29, 0.717) is 0 Å². The summed E-state index contributed by atoms with van der Waals surface area (Å²) in [5, 5.41) is 7.97. The lowest BCUT2D eigenvalue weighted by Gasteiger charge is -2.26. The Balaban J connectivity index is 1.29. The second-order valence-electron chi connectivity index (χ2n) is 10.2. The van der Waals surface area contributed by atoms with Crippen LogP contribution in [-0.4, -0.2) is 0 Å². The highest BCUT2D eigenvalue weighted by atomic mass is 32.1. The molecular weight excluding hydrogens is 543 g/mol. The zero-order valence-corrected chi connectivity index (χ0v) is 23.7. The summed E-state index contributed by atoms with van der Waals surface area (Å²) < 4.78 is 7.94. The molecule has 40 heavy (non-hydrogen) atoms. The van der Waals surface area contributed by atoms with Crippen LogP contribution in [0.1, 0.15) is 0 Å². The minimum absolute atomic E-state index is 1.18. The molecule has 6 aromatic carbocycles. The normalized spacial score (nSPS) is 12.0. The van der Waals surface area contributed by atoms with E-state index < -0.39 is 0 Å². The Morgan fingerprint density at radius 2 is 0.600 bits per heavy atom. The third-order valence-corrected chi connectivity index (χ3v) is 11.3. The number of hydrogen-bond acceptors (Lipinski definition) is 4. The van der Waals surface area contributed by atoms with Crippen LogP contribution in [0.25, 0.3) is 60.5 Å². The molecule has 0 radical (unpaired) electrons. The van der Waals surface area contributed by atoms with Gasteiger partial charge < -0.3 is 4.90 Å². The van der Waals surface area contributed by atoms with E-state index in [4.69, 9.17) is 0 Å². The van der Waals surface area contributed by atoms with E-state index in [9.17, 15) is 0 Å². The number of nitrogens with zero attached hydrogens (tertiary/aromatic N) is 1. The van der Waals surface area contributed by atoms with Crippen molar-refractivity contribution in [2.45, 2.75) is 0 Å². The van der Waals surface area contributed by atoms with Crippen LogP contribution in [0.4, 0.5) is 17.1 Å². The Morgan fingerprint density at radius 1 is 0.300 bits per heavy atom. The van der Waals surface area contributed by atoms with Crippen LogP contribution in [0.3, 0.4) is 0 Å². The lowest BCUT2D eigenvalue weighted by atomic mass is 10.1. The summed E-state index contributed by atoms with van der Waals surface area (Å²) in [6.07, 6.45) is 0. The van der Waals surface area contributed by atoms with Crippen LogP contribution in [0.2, 0.25) is 0 Å². The van der Waals surface area contributed by atoms with E-state index in [1.807, 2.05) is 34.0 Å². The fraction of sp³-hybridized carbons (Fsp3) is 0. The van der Waals surface area contributed by atoms with Gasteiger partial charge in [-0.25, -0.2) is 0 Å². The van der Waals surface area contributed by atoms with Crippen molar-refractivity contribution in [1.82, 2.24) is 0 Å². The lowest BCUT2D eigenvalue weighted by Crippen LogP contribution is -2.09. The van der Waals surface area contributed by atoms with E-state index in [1.54, 1.807) is 0 Å². The van der Waals surface area contributed by atoms with Crippen LogP contribution in [0, 0.1) is 0 Å². The zero-order valence-electron chi connectivity index (χ0n) is 21.3. The molecule has 0 saturated heterocycles. The van der Waals surface area contributed by atoms with Crippen LogP contribution >= 0.6 is 34.0 Å². The molecule has 0 aliphatic carbocycles. The standard InChI is InChI=1S/C36H21NS3/c1-4-10-31-25(7-1)28-16-13-22(19-34(28)38-31)37(23-14-17-29-26-8-2-5-11-32(26)39-35(29)20-23)24-15-18-30-27-9-3-6-12-33(27)40-36(30)21-24/h1-21H. The Morgan fingerprint density at radius 3 is 0.950 bits per heavy atom. The Kier molecular flexibility index (Phi) is 4.88. The highest BCUT2D eigenvalue weighted by Crippen LogP contribution is 2.44. The minimum atomic E-state index is 1.18. The monoisotopic (exact) mass is 563 g/mol. The Bertz CT molecular complexity index is 2130. The summed E-state index contributed by atoms with van der Waals surface area (Å²) >= 11 is 5.62. The van der Waals surface area contributed by atoms with Crippen molar-refractivity contribution in [2.24, 2.45) is 0 Å². The molecule has 9 aromatic rings. The number of rotatable bonds is 3. The van der Waals surface area contributed by atoms with Crippen molar-refractivity contribution >= 4 is 112 Å². The topological polar surface area (TPSA) is 3.24 Å². The number of benzene rings is 6. The van der Waals surface area contributed by atoms with E-state index in [-0.39, 0.29) is 0 Å². The summed E-state index contributed by atoms with van der Waals surface area (Å²) in [4.78, 5) is 2.43. The van der Waals surface area contributed by atoms with Gasteiger partial charge in [-0.3, -0.25) is 0 Å². The maximum atomic E-state index is 2.43. The van der Waals surface area contributed by atoms with Gasteiger partial charge in [0.2, 0.25) is 0 Å². The molecule has 0 amide bonds. The highest BCUT2D eigenvalue weighted by Gasteiger charge is 2.17. The van der Waals surface area contributed by atoms with E-state index in [1.165, 1.54) is 77.6 Å². The predicted octanol–water partition coefficient (Wildman–Crippen LogP) is 12.3. The van der Waals surface area contributed by atoms with E-state index in [0.717, 1.165) is 0 Å². The average Bonchev–Trinajstić information content (AvgIpc) is 3.67. The first-order valence-electron chi connectivity index (χ1n) is 13.3. The second-order valence-corrected chi connectivity index (χ2v) is 13.4. The molecule has 0 fully saturated rings. The molecule has 0 saturated carbocycles. The smallest absolute Gasteiger partial charge is 0.0476 e. The fourth-order valence-corrected chi connectivity index (χ4v) is 9.43. The maximum Gasteiger partial charge on any atom is 0.0476 e. The van der Waals surface area contributed by atoms with Gasteiger partial charge in [-0.2, -0.15) is 0 Å². The van der Waals surface area contributed by atoms with Crippen LogP contribution < -0.4 is 4.90 Å². The average molecular weight is 564 g/mol. The molecule has 0 aliphatic rings. The van der Waals surface area contributed by atoms with E-state index in [2.05, 4.69) is 132 Å². The summed E-state index contributed by atoms with van der Waals surface area (Å²) in [6.45, 7) is 0. The van der Waals surface area contributed by atoms with Crippen molar-refractivity contribution in [2.75, 3.05) is 4.90 Å². The van der Waals surface area contributed by atoms with Gasteiger partial charge in [-0.05, 0) is 54.6 Å². The molecule has 4 heteroatoms. The minimum Gasteiger partial charge on any atom is -0.310 e. The Labute approximate surface area is 242 Å². The number of fused-ring (bicyclic) bond motifs is 9. The number of anilines is 3. The van der Waals surface area contributed by atoms with Crippen molar-refractivity contribution in [3.8, 4) is 0 Å². The molecular formula is C36H21NS3. The van der Waals surface area contributed by atoms with Gasteiger partial charge in [-0.15, -0.1) is 34.0 Å². The van der Waals surface area contributed by atoms with Crippen LogP contribution in [0.15, 0.2) is 127 Å². The van der Waals surface area contributed by atoms with Gasteiger partial charge in [0.05, 0.1) is 0 Å². The molecule has 0 unspecified atom stereocenters. The third kappa shape index (κ3) is 3.37. The van der Waals surface area contributed by atoms with Crippen molar-refractivity contribution < 1.29 is 0 Å². The number of hydrogen-bond donors (Lipinski definition) is 0. The first-order valence-corrected chi connectivity index (χ1v) is 15.8. The highest BCUT2D eigenvalue weighted by molar-refractivity contribution is 7.26. The molecule has 0 N–H and O–H groups in total. The lowest BCUT2D eigenvalue weighted by molar-refractivity contribution is 1.30. The van der Waals surface area contributed by atoms with Gasteiger partial charge in [0.15, 0.2) is 0 Å². The SMILES string of the molecule is c1ccc2c(c1)sc1cc(N(c3ccc4c(c3)sc3ccccc34)c3ccc4c(c3)sc3ccccc34)ccc12. The largest absolute Gasteiger partial charge is 0.310 e. The molecule has 188 valence electrons. The van der Waals surface area contributed by atoms with Crippen molar-refractivity contribution in [3.05, 3.63) is 127 Å². The van der Waals surface area contributed by atoms with Gasteiger partial charge in [0, 0.05) is 77.6 Å². The van der Waals surface area contributed by atoms with Gasteiger partial charge in [0.25, 0.3) is 0 Å². The van der Waals surface area contributed by atoms with Crippen LogP contribution in [0.5, 0.6) is 0 Å². The first kappa shape index (κ1) is 22.6. The predicted molar refractivity (Wildman–Crippen MR) is 180 cm³/mol. The fourth-order valence-electron chi connectivity index (χ4n) is 6.01. The maximum absolute atomic E-state index is 2.43. The molecule has 0 aliphatic heterocycles. The van der Waals surface area contributed by atoms with Crippen molar-refractivity contribution in [3.63, 3.8) is 0 Å². The zero-order chi connectivity index (χ0) is 26.2. The summed E-state index contributed by atoms with van der Waals surface area (Å²) in [7, 11) is 0. The van der Waals surface area contributed by atoms with Gasteiger partial charge >= 0.3 is 0 Å². The molecule has 0 spiro atoms. The third-order valence-electron chi connectivity index (χ3n) is 7.86. The summed E-state index contributed by atoms with van der Waals surface area (Å²) in [5.41, 5.74) is 3.54. The molecule has 0 atom stereocenters. The first-order chi connectivity index (χ1) is 19.8. The summed E-state index contributed by atoms with van der Waals surface area (Å²) in [5.74, 6) is 0. The summed E-state index contributed by atoms with van der Waals surface area (Å²) in [6, 6.07) is 47.0. The molecule has 3 heterocycles. The van der Waals surface area contributed by atoms with Gasteiger partial charge in [0.1, 0.15) is 0 Å². The van der Waals surface area contributed by atoms with E-state index >= 15 is 0 Å².